The Kier molecular flexibility index (Phi) is 5.97. The summed E-state index contributed by atoms with van der Waals surface area (Å²) in [6.07, 6.45) is 2.29. The summed E-state index contributed by atoms with van der Waals surface area (Å²) >= 11 is 5.49. The first-order valence-electron chi connectivity index (χ1n) is 2.27. The Hall–Kier alpha value is 0.507. The summed E-state index contributed by atoms with van der Waals surface area (Å²) in [5, 5.41) is 0. The van der Waals surface area contributed by atoms with Crippen molar-refractivity contribution in [3.05, 3.63) is 6.92 Å². The van der Waals surface area contributed by atoms with Gasteiger partial charge in [0.2, 0.25) is 0 Å². The zero-order chi connectivity index (χ0) is 4.83. The van der Waals surface area contributed by atoms with E-state index in [1.165, 1.54) is 12.5 Å². The maximum Gasteiger partial charge on any atom is 0.125 e. The summed E-state index contributed by atoms with van der Waals surface area (Å²) in [6, 6.07) is 1.26. The summed E-state index contributed by atoms with van der Waals surface area (Å²) in [5.41, 5.74) is 0. The maximum absolute atomic E-state index is 5.49. The van der Waals surface area contributed by atoms with Crippen molar-refractivity contribution in [2.75, 3.05) is 0 Å². The predicted molar refractivity (Wildman–Crippen MR) is 33.8 cm³/mol. The fourth-order valence-corrected chi connectivity index (χ4v) is 1.38. The van der Waals surface area contributed by atoms with Crippen molar-refractivity contribution >= 4 is 19.9 Å². The molecule has 0 aliphatic rings. The lowest BCUT2D eigenvalue weighted by Gasteiger charge is -1.83. The molecule has 0 rings (SSSR count). The molecule has 0 aromatic rings. The highest BCUT2D eigenvalue weighted by molar-refractivity contribution is 6.93. The van der Waals surface area contributed by atoms with Crippen molar-refractivity contribution in [2.45, 2.75) is 18.9 Å². The van der Waals surface area contributed by atoms with E-state index in [0.29, 0.717) is 0 Å². The first kappa shape index (κ1) is 6.51. The van der Waals surface area contributed by atoms with Crippen molar-refractivity contribution < 1.29 is 0 Å². The molecule has 37 valence electrons. The van der Waals surface area contributed by atoms with Gasteiger partial charge in [-0.3, -0.25) is 0 Å². The summed E-state index contributed by atoms with van der Waals surface area (Å²) in [7, 11) is -0.165. The molecule has 0 aromatic heterocycles. The van der Waals surface area contributed by atoms with Crippen molar-refractivity contribution in [1.82, 2.24) is 0 Å². The summed E-state index contributed by atoms with van der Waals surface area (Å²) in [4.78, 5) is 0. The third-order valence-electron chi connectivity index (χ3n) is 0.634. The summed E-state index contributed by atoms with van der Waals surface area (Å²) < 4.78 is 0. The van der Waals surface area contributed by atoms with Gasteiger partial charge in [-0.1, -0.05) is 19.8 Å². The number of rotatable bonds is 3. The molecule has 0 amide bonds. The van der Waals surface area contributed by atoms with Gasteiger partial charge >= 0.3 is 0 Å². The third-order valence-corrected chi connectivity index (χ3v) is 2.20. The minimum absolute atomic E-state index is 0.165. The molecule has 0 atom stereocenters. The van der Waals surface area contributed by atoms with Gasteiger partial charge in [-0.25, -0.2) is 0 Å². The van der Waals surface area contributed by atoms with Gasteiger partial charge in [-0.2, -0.15) is 11.1 Å². The van der Waals surface area contributed by atoms with E-state index in [2.05, 4.69) is 6.92 Å². The molecule has 1 radical (unpaired) electrons. The summed E-state index contributed by atoms with van der Waals surface area (Å²) in [5.74, 6) is 0. The zero-order valence-electron chi connectivity index (χ0n) is 3.91. The Balaban J connectivity index is 2.34. The zero-order valence-corrected chi connectivity index (χ0v) is 6.08. The van der Waals surface area contributed by atoms with E-state index in [0.717, 1.165) is 6.42 Å². The Morgan fingerprint density at radius 3 is 2.50 bits per heavy atom. The maximum atomic E-state index is 5.49. The number of hydrogen-bond acceptors (Lipinski definition) is 0. The normalized spacial score (nSPS) is 11.0. The minimum Gasteiger partial charge on any atom is -0.176 e. The Labute approximate surface area is 46.4 Å². The van der Waals surface area contributed by atoms with Crippen LogP contribution in [0.15, 0.2) is 0 Å². The molecule has 2 heteroatoms. The number of halogens is 1. The highest BCUT2D eigenvalue weighted by Crippen LogP contribution is 1.92. The molecule has 0 N–H and O–H groups in total. The van der Waals surface area contributed by atoms with Crippen molar-refractivity contribution in [1.29, 1.82) is 0 Å². The lowest BCUT2D eigenvalue weighted by Crippen LogP contribution is -1.73. The highest BCUT2D eigenvalue weighted by Gasteiger charge is 1.78. The lowest BCUT2D eigenvalue weighted by atomic mass is 10.4. The van der Waals surface area contributed by atoms with Gasteiger partial charge in [-0.15, -0.1) is 0 Å². The van der Waals surface area contributed by atoms with Crippen LogP contribution in [0, 0.1) is 6.92 Å². The van der Waals surface area contributed by atoms with E-state index >= 15 is 0 Å². The minimum atomic E-state index is -0.165. The van der Waals surface area contributed by atoms with Crippen LogP contribution in [-0.2, 0) is 0 Å². The van der Waals surface area contributed by atoms with Gasteiger partial charge in [0, 0.05) is 0 Å². The molecule has 0 aliphatic carbocycles. The van der Waals surface area contributed by atoms with E-state index < -0.39 is 0 Å². The average molecular weight is 122 g/mol. The topological polar surface area (TPSA) is 0 Å². The summed E-state index contributed by atoms with van der Waals surface area (Å²) in [6.45, 7) is 3.69. The van der Waals surface area contributed by atoms with Crippen LogP contribution < -0.4 is 0 Å². The van der Waals surface area contributed by atoms with Crippen LogP contribution in [0.25, 0.3) is 0 Å². The smallest absolute Gasteiger partial charge is 0.125 e. The fourth-order valence-electron chi connectivity index (χ4n) is 0.271. The Morgan fingerprint density at radius 1 is 1.67 bits per heavy atom. The standard InChI is InChI=1S/C4H10ClSi/c1-2-3-4-6-5/h1-4,6H2. The monoisotopic (exact) mass is 121 g/mol. The highest BCUT2D eigenvalue weighted by atomic mass is 35.6. The first-order valence-corrected chi connectivity index (χ1v) is 5.41. The third kappa shape index (κ3) is 4.51. The molecule has 0 aromatic carbocycles. The van der Waals surface area contributed by atoms with Crippen LogP contribution in [0.4, 0.5) is 0 Å². The molecular formula is C4H10ClSi. The number of unbranched alkanes of at least 4 members (excludes halogenated alkanes) is 1. The van der Waals surface area contributed by atoms with Gasteiger partial charge < -0.3 is 0 Å². The molecule has 0 saturated heterocycles. The second-order valence-corrected chi connectivity index (χ2v) is 3.47. The van der Waals surface area contributed by atoms with E-state index in [1.807, 2.05) is 0 Å². The molecule has 6 heavy (non-hydrogen) atoms. The molecule has 0 fully saturated rings. The number of hydrogen-bond donors (Lipinski definition) is 0. The average Bonchev–Trinajstić information content (AvgIpc) is 1.61. The molecule has 0 nitrogen and oxygen atoms in total. The largest absolute Gasteiger partial charge is 0.176 e. The quantitative estimate of drug-likeness (QED) is 0.300. The van der Waals surface area contributed by atoms with Crippen LogP contribution in [-0.4, -0.2) is 8.83 Å². The van der Waals surface area contributed by atoms with E-state index in [9.17, 15) is 0 Å². The first-order chi connectivity index (χ1) is 2.91. The molecule has 0 saturated carbocycles. The molecule has 0 unspecified atom stereocenters. The van der Waals surface area contributed by atoms with Gasteiger partial charge in [0.1, 0.15) is 8.83 Å². The second kappa shape index (κ2) is 5.51. The van der Waals surface area contributed by atoms with Crippen LogP contribution in [0.2, 0.25) is 6.04 Å². The van der Waals surface area contributed by atoms with Gasteiger partial charge in [-0.05, 0) is 6.04 Å². The molecule has 0 spiro atoms. The van der Waals surface area contributed by atoms with E-state index in [4.69, 9.17) is 11.1 Å². The van der Waals surface area contributed by atoms with Crippen LogP contribution in [0.1, 0.15) is 12.8 Å². The fraction of sp³-hybridized carbons (Fsp3) is 0.750. The second-order valence-electron chi connectivity index (χ2n) is 1.25. The van der Waals surface area contributed by atoms with Crippen LogP contribution >= 0.6 is 11.1 Å². The van der Waals surface area contributed by atoms with E-state index in [1.54, 1.807) is 0 Å². The molecule has 0 bridgehead atoms. The predicted octanol–water partition coefficient (Wildman–Crippen LogP) is 1.34. The van der Waals surface area contributed by atoms with Crippen molar-refractivity contribution in [2.24, 2.45) is 0 Å². The Morgan fingerprint density at radius 2 is 2.33 bits per heavy atom. The van der Waals surface area contributed by atoms with E-state index in [-0.39, 0.29) is 8.83 Å². The molecular weight excluding hydrogens is 112 g/mol. The van der Waals surface area contributed by atoms with Crippen molar-refractivity contribution in [3.8, 4) is 0 Å². The van der Waals surface area contributed by atoms with Crippen LogP contribution in [0.3, 0.4) is 0 Å². The van der Waals surface area contributed by atoms with Crippen molar-refractivity contribution in [3.63, 3.8) is 0 Å². The lowest BCUT2D eigenvalue weighted by molar-refractivity contribution is 0.952. The Bertz CT molecular complexity index is 19.5. The molecule has 0 aliphatic heterocycles. The molecule has 0 heterocycles. The van der Waals surface area contributed by atoms with Gasteiger partial charge in [0.25, 0.3) is 0 Å². The SMILES string of the molecule is [CH2]CCC[SiH2]Cl. The van der Waals surface area contributed by atoms with Crippen LogP contribution in [0.5, 0.6) is 0 Å². The van der Waals surface area contributed by atoms with Gasteiger partial charge in [0.15, 0.2) is 0 Å². The van der Waals surface area contributed by atoms with Gasteiger partial charge in [0.05, 0.1) is 0 Å².